The molecule has 1 aliphatic rings. The third-order valence-electron chi connectivity index (χ3n) is 3.41. The van der Waals surface area contributed by atoms with Crippen LogP contribution in [0.5, 0.6) is 0 Å². The van der Waals surface area contributed by atoms with Gasteiger partial charge in [-0.1, -0.05) is 6.42 Å². The van der Waals surface area contributed by atoms with E-state index in [1.807, 2.05) is 0 Å². The van der Waals surface area contributed by atoms with Crippen LogP contribution in [0, 0.1) is 5.41 Å². The number of aliphatic carboxylic acids is 1. The number of hydrogen-bond acceptors (Lipinski definition) is 3. The maximum atomic E-state index is 12.1. The van der Waals surface area contributed by atoms with E-state index in [9.17, 15) is 9.59 Å². The molecule has 0 bridgehead atoms. The van der Waals surface area contributed by atoms with E-state index in [2.05, 4.69) is 5.10 Å². The average molecular weight is 253 g/mol. The predicted octanol–water partition coefficient (Wildman–Crippen LogP) is 0.882. The van der Waals surface area contributed by atoms with E-state index in [1.54, 1.807) is 18.4 Å². The largest absolute Gasteiger partial charge is 0.481 e. The Hall–Kier alpha value is -1.59. The third kappa shape index (κ3) is 2.32. The number of carbonyl (C=O) groups is 1. The Morgan fingerprint density at radius 3 is 2.78 bits per heavy atom. The van der Waals surface area contributed by atoms with Crippen LogP contribution < -0.4 is 5.69 Å². The topological polar surface area (TPSA) is 77.1 Å². The first-order valence-corrected chi connectivity index (χ1v) is 6.32. The molecule has 6 heteroatoms. The van der Waals surface area contributed by atoms with Crippen LogP contribution in [-0.2, 0) is 24.3 Å². The van der Waals surface area contributed by atoms with Crippen molar-refractivity contribution in [1.29, 1.82) is 0 Å². The maximum absolute atomic E-state index is 12.1. The SMILES string of the molecule is CC(C)(Cn1nc2n(c1=O)CCCCC2)C(=O)O. The first-order valence-electron chi connectivity index (χ1n) is 6.32. The molecule has 0 saturated heterocycles. The summed E-state index contributed by atoms with van der Waals surface area (Å²) in [7, 11) is 0. The van der Waals surface area contributed by atoms with E-state index in [0.717, 1.165) is 31.5 Å². The Kier molecular flexibility index (Phi) is 3.28. The highest BCUT2D eigenvalue weighted by Crippen LogP contribution is 2.18. The van der Waals surface area contributed by atoms with Crippen molar-refractivity contribution in [3.63, 3.8) is 0 Å². The van der Waals surface area contributed by atoms with Gasteiger partial charge in [0.1, 0.15) is 5.82 Å². The second-order valence-electron chi connectivity index (χ2n) is 5.51. The van der Waals surface area contributed by atoms with Gasteiger partial charge in [0.05, 0.1) is 12.0 Å². The van der Waals surface area contributed by atoms with Gasteiger partial charge in [0.25, 0.3) is 0 Å². The molecule has 0 saturated carbocycles. The molecule has 6 nitrogen and oxygen atoms in total. The molecule has 0 fully saturated rings. The quantitative estimate of drug-likeness (QED) is 0.867. The van der Waals surface area contributed by atoms with Crippen LogP contribution >= 0.6 is 0 Å². The normalized spacial score (nSPS) is 16.1. The van der Waals surface area contributed by atoms with Crippen LogP contribution in [-0.4, -0.2) is 25.4 Å². The number of carboxylic acids is 1. The molecule has 0 radical (unpaired) electrons. The minimum atomic E-state index is -0.982. The van der Waals surface area contributed by atoms with Gasteiger partial charge in [-0.05, 0) is 26.7 Å². The van der Waals surface area contributed by atoms with Crippen molar-refractivity contribution in [2.45, 2.75) is 52.6 Å². The van der Waals surface area contributed by atoms with Gasteiger partial charge in [0.15, 0.2) is 0 Å². The number of aryl methyl sites for hydroxylation is 1. The first-order chi connectivity index (χ1) is 8.42. The molecule has 1 aromatic rings. The molecule has 1 N–H and O–H groups in total. The summed E-state index contributed by atoms with van der Waals surface area (Å²) in [4.78, 5) is 23.2. The Morgan fingerprint density at radius 1 is 1.39 bits per heavy atom. The Bertz CT molecular complexity index is 513. The standard InChI is InChI=1S/C12H19N3O3/c1-12(2,10(16)17)8-15-11(18)14-7-5-3-4-6-9(14)13-15/h3-8H2,1-2H3,(H,16,17). The summed E-state index contributed by atoms with van der Waals surface area (Å²) >= 11 is 0. The van der Waals surface area contributed by atoms with Gasteiger partial charge in [-0.15, -0.1) is 0 Å². The van der Waals surface area contributed by atoms with Crippen LogP contribution in [0.25, 0.3) is 0 Å². The van der Waals surface area contributed by atoms with Gasteiger partial charge in [-0.2, -0.15) is 5.10 Å². The van der Waals surface area contributed by atoms with E-state index < -0.39 is 11.4 Å². The highest BCUT2D eigenvalue weighted by Gasteiger charge is 2.30. The summed E-state index contributed by atoms with van der Waals surface area (Å²) < 4.78 is 2.99. The van der Waals surface area contributed by atoms with E-state index >= 15 is 0 Å². The zero-order chi connectivity index (χ0) is 13.3. The lowest BCUT2D eigenvalue weighted by Gasteiger charge is -2.17. The van der Waals surface area contributed by atoms with Crippen molar-refractivity contribution in [3.05, 3.63) is 16.3 Å². The highest BCUT2D eigenvalue weighted by atomic mass is 16.4. The smallest absolute Gasteiger partial charge is 0.345 e. The molecule has 2 rings (SSSR count). The average Bonchev–Trinajstić information content (AvgIpc) is 2.50. The summed E-state index contributed by atoms with van der Waals surface area (Å²) in [6, 6.07) is 0. The molecule has 0 amide bonds. The summed E-state index contributed by atoms with van der Waals surface area (Å²) in [5.74, 6) is -0.128. The van der Waals surface area contributed by atoms with E-state index in [1.165, 1.54) is 4.68 Å². The van der Waals surface area contributed by atoms with Crippen LogP contribution in [0.4, 0.5) is 0 Å². The van der Waals surface area contributed by atoms with Crippen molar-refractivity contribution >= 4 is 5.97 Å². The first kappa shape index (κ1) is 12.9. The van der Waals surface area contributed by atoms with Crippen LogP contribution in [0.15, 0.2) is 4.79 Å². The maximum Gasteiger partial charge on any atom is 0.345 e. The van der Waals surface area contributed by atoms with Gasteiger partial charge in [0.2, 0.25) is 0 Å². The lowest BCUT2D eigenvalue weighted by atomic mass is 9.94. The van der Waals surface area contributed by atoms with Crippen molar-refractivity contribution in [2.75, 3.05) is 0 Å². The van der Waals surface area contributed by atoms with Gasteiger partial charge in [-0.3, -0.25) is 9.36 Å². The number of carboxylic acid groups (broad SMARTS) is 1. The van der Waals surface area contributed by atoms with Gasteiger partial charge < -0.3 is 5.11 Å². The molecule has 0 unspecified atom stereocenters. The Balaban J connectivity index is 2.31. The second kappa shape index (κ2) is 4.59. The van der Waals surface area contributed by atoms with Gasteiger partial charge in [-0.25, -0.2) is 9.48 Å². The van der Waals surface area contributed by atoms with Gasteiger partial charge in [0, 0.05) is 13.0 Å². The Labute approximate surface area is 105 Å². The van der Waals surface area contributed by atoms with E-state index in [0.29, 0.717) is 6.54 Å². The molecule has 2 heterocycles. The minimum absolute atomic E-state index is 0.112. The molecule has 1 aromatic heterocycles. The Morgan fingerprint density at radius 2 is 2.11 bits per heavy atom. The van der Waals surface area contributed by atoms with Crippen molar-refractivity contribution in [2.24, 2.45) is 5.41 Å². The molecule has 0 aromatic carbocycles. The molecular formula is C12H19N3O3. The van der Waals surface area contributed by atoms with E-state index in [4.69, 9.17) is 5.11 Å². The zero-order valence-electron chi connectivity index (χ0n) is 10.8. The molecule has 0 aliphatic carbocycles. The van der Waals surface area contributed by atoms with Crippen molar-refractivity contribution in [3.8, 4) is 0 Å². The summed E-state index contributed by atoms with van der Waals surface area (Å²) in [6.45, 7) is 4.02. The van der Waals surface area contributed by atoms with E-state index in [-0.39, 0.29) is 12.2 Å². The lowest BCUT2D eigenvalue weighted by Crippen LogP contribution is -2.35. The molecular weight excluding hydrogens is 234 g/mol. The third-order valence-corrected chi connectivity index (χ3v) is 3.41. The molecule has 1 aliphatic heterocycles. The monoisotopic (exact) mass is 253 g/mol. The minimum Gasteiger partial charge on any atom is -0.481 e. The van der Waals surface area contributed by atoms with Crippen LogP contribution in [0.2, 0.25) is 0 Å². The second-order valence-corrected chi connectivity index (χ2v) is 5.51. The number of fused-ring (bicyclic) bond motifs is 1. The molecule has 0 spiro atoms. The number of hydrogen-bond donors (Lipinski definition) is 1. The fourth-order valence-corrected chi connectivity index (χ4v) is 2.17. The number of aromatic nitrogens is 3. The van der Waals surface area contributed by atoms with Crippen LogP contribution in [0.3, 0.4) is 0 Å². The predicted molar refractivity (Wildman–Crippen MR) is 65.5 cm³/mol. The summed E-state index contributed by atoms with van der Waals surface area (Å²) in [5.41, 5.74) is -1.16. The molecule has 100 valence electrons. The molecule has 0 atom stereocenters. The summed E-state index contributed by atoms with van der Waals surface area (Å²) in [6.07, 6.45) is 3.94. The van der Waals surface area contributed by atoms with Crippen LogP contribution in [0.1, 0.15) is 38.9 Å². The zero-order valence-corrected chi connectivity index (χ0v) is 10.8. The summed E-state index contributed by atoms with van der Waals surface area (Å²) in [5, 5.41) is 13.4. The lowest BCUT2D eigenvalue weighted by molar-refractivity contribution is -0.147. The highest BCUT2D eigenvalue weighted by molar-refractivity contribution is 5.73. The number of nitrogens with zero attached hydrogens (tertiary/aromatic N) is 3. The van der Waals surface area contributed by atoms with Crippen molar-refractivity contribution < 1.29 is 9.90 Å². The fourth-order valence-electron chi connectivity index (χ4n) is 2.17. The van der Waals surface area contributed by atoms with Gasteiger partial charge >= 0.3 is 11.7 Å². The number of rotatable bonds is 3. The fraction of sp³-hybridized carbons (Fsp3) is 0.750. The van der Waals surface area contributed by atoms with Crippen molar-refractivity contribution in [1.82, 2.24) is 14.3 Å². The molecule has 18 heavy (non-hydrogen) atoms.